The van der Waals surface area contributed by atoms with Gasteiger partial charge in [-0.1, -0.05) is 28.9 Å². The summed E-state index contributed by atoms with van der Waals surface area (Å²) in [5.74, 6) is -1.76. The molecule has 0 atom stereocenters. The van der Waals surface area contributed by atoms with Crippen molar-refractivity contribution in [1.29, 1.82) is 0 Å². The summed E-state index contributed by atoms with van der Waals surface area (Å²) in [6, 6.07) is 11.3. The van der Waals surface area contributed by atoms with Gasteiger partial charge < -0.3 is 0 Å². The highest BCUT2D eigenvalue weighted by molar-refractivity contribution is 6.31. The van der Waals surface area contributed by atoms with Crippen molar-refractivity contribution in [1.82, 2.24) is 20.0 Å². The minimum atomic E-state index is -0.721. The number of fused-ring (bicyclic) bond motifs is 1. The fourth-order valence-electron chi connectivity index (χ4n) is 2.63. The lowest BCUT2D eigenvalue weighted by atomic mass is 10.1. The van der Waals surface area contributed by atoms with Crippen molar-refractivity contribution in [2.45, 2.75) is 6.54 Å². The molecule has 0 N–H and O–H groups in total. The van der Waals surface area contributed by atoms with Crippen molar-refractivity contribution in [2.75, 3.05) is 0 Å². The van der Waals surface area contributed by atoms with Gasteiger partial charge in [0.2, 0.25) is 0 Å². The van der Waals surface area contributed by atoms with Crippen LogP contribution in [0.15, 0.2) is 48.5 Å². The number of nitrogens with zero attached hydrogens (tertiary/aromatic N) is 4. The summed E-state index contributed by atoms with van der Waals surface area (Å²) >= 11 is 5.87. The van der Waals surface area contributed by atoms with Crippen LogP contribution in [0, 0.1) is 17.5 Å². The Morgan fingerprint density at radius 3 is 2.58 bits per heavy atom. The quantitative estimate of drug-likeness (QED) is 0.492. The second-order valence-electron chi connectivity index (χ2n) is 5.62. The van der Waals surface area contributed by atoms with E-state index in [-0.39, 0.29) is 22.9 Å². The monoisotopic (exact) mass is 374 g/mol. The highest BCUT2D eigenvalue weighted by atomic mass is 35.5. The van der Waals surface area contributed by atoms with E-state index in [9.17, 15) is 13.2 Å². The van der Waals surface area contributed by atoms with Gasteiger partial charge in [-0.3, -0.25) is 0 Å². The highest BCUT2D eigenvalue weighted by Gasteiger charge is 2.16. The second-order valence-corrected chi connectivity index (χ2v) is 6.00. The molecule has 4 rings (SSSR count). The van der Waals surface area contributed by atoms with Crippen LogP contribution in [0.2, 0.25) is 5.02 Å². The first-order valence-corrected chi connectivity index (χ1v) is 7.99. The molecule has 0 amide bonds. The van der Waals surface area contributed by atoms with Crippen LogP contribution in [0.25, 0.3) is 22.4 Å². The molecule has 130 valence electrons. The molecule has 0 aliphatic rings. The second kappa shape index (κ2) is 6.42. The molecule has 2 heterocycles. The predicted octanol–water partition coefficient (Wildman–Crippen LogP) is 4.61. The molecule has 4 aromatic rings. The molecule has 0 bridgehead atoms. The number of halogens is 4. The fraction of sp³-hybridized carbons (Fsp3) is 0.0556. The first-order chi connectivity index (χ1) is 12.5. The first-order valence-electron chi connectivity index (χ1n) is 7.61. The number of aromatic nitrogens is 4. The summed E-state index contributed by atoms with van der Waals surface area (Å²) in [7, 11) is 0. The molecule has 0 radical (unpaired) electrons. The molecule has 8 heteroatoms. The third-order valence-electron chi connectivity index (χ3n) is 3.93. The van der Waals surface area contributed by atoms with Crippen molar-refractivity contribution in [3.8, 4) is 11.3 Å². The van der Waals surface area contributed by atoms with Crippen LogP contribution in [0.1, 0.15) is 5.56 Å². The summed E-state index contributed by atoms with van der Waals surface area (Å²) in [6.07, 6.45) is 0. The first kappa shape index (κ1) is 16.5. The Bertz CT molecular complexity index is 1130. The normalized spacial score (nSPS) is 11.2. The maximum Gasteiger partial charge on any atom is 0.179 e. The SMILES string of the molecule is Fc1cccc(-c2ccc3nnn(Cc4c(F)ccc(F)c4Cl)c3n2)c1. The van der Waals surface area contributed by atoms with Gasteiger partial charge in [0.1, 0.15) is 23.0 Å². The van der Waals surface area contributed by atoms with Crippen LogP contribution in [0.5, 0.6) is 0 Å². The standard InChI is InChI=1S/C18H10ClF3N4/c19-17-12(13(21)4-5-14(17)22)9-26-18-16(24-25-26)7-6-15(23-18)10-2-1-3-11(20)8-10/h1-8H,9H2. The molecule has 0 aliphatic heterocycles. The molecular weight excluding hydrogens is 365 g/mol. The Kier molecular flexibility index (Phi) is 4.08. The Balaban J connectivity index is 1.80. The van der Waals surface area contributed by atoms with Gasteiger partial charge in [0, 0.05) is 11.1 Å². The summed E-state index contributed by atoms with van der Waals surface area (Å²) in [5.41, 5.74) is 1.86. The Labute approximate surface area is 150 Å². The van der Waals surface area contributed by atoms with Crippen LogP contribution in [0.4, 0.5) is 13.2 Å². The van der Waals surface area contributed by atoms with E-state index in [0.717, 1.165) is 12.1 Å². The summed E-state index contributed by atoms with van der Waals surface area (Å²) in [6.45, 7) is -0.140. The van der Waals surface area contributed by atoms with E-state index in [1.54, 1.807) is 24.3 Å². The number of hydrogen-bond donors (Lipinski definition) is 0. The van der Waals surface area contributed by atoms with Gasteiger partial charge in [-0.15, -0.1) is 5.10 Å². The number of hydrogen-bond acceptors (Lipinski definition) is 3. The minimum Gasteiger partial charge on any atom is -0.227 e. The van der Waals surface area contributed by atoms with E-state index in [1.165, 1.54) is 16.8 Å². The smallest absolute Gasteiger partial charge is 0.179 e. The minimum absolute atomic E-state index is 0.0450. The predicted molar refractivity (Wildman–Crippen MR) is 91.2 cm³/mol. The number of rotatable bonds is 3. The summed E-state index contributed by atoms with van der Waals surface area (Å²) < 4.78 is 42.4. The van der Waals surface area contributed by atoms with Crippen molar-refractivity contribution in [3.05, 3.63) is 76.6 Å². The molecule has 0 spiro atoms. The van der Waals surface area contributed by atoms with Crippen LogP contribution in [0.3, 0.4) is 0 Å². The third-order valence-corrected chi connectivity index (χ3v) is 4.34. The van der Waals surface area contributed by atoms with Crippen molar-refractivity contribution >= 4 is 22.8 Å². The van der Waals surface area contributed by atoms with Gasteiger partial charge >= 0.3 is 0 Å². The van der Waals surface area contributed by atoms with Crippen molar-refractivity contribution < 1.29 is 13.2 Å². The van der Waals surface area contributed by atoms with E-state index < -0.39 is 11.6 Å². The zero-order chi connectivity index (χ0) is 18.3. The third kappa shape index (κ3) is 2.90. The van der Waals surface area contributed by atoms with Gasteiger partial charge in [0.25, 0.3) is 0 Å². The van der Waals surface area contributed by atoms with E-state index in [0.29, 0.717) is 22.4 Å². The van der Waals surface area contributed by atoms with Crippen LogP contribution < -0.4 is 0 Å². The topological polar surface area (TPSA) is 43.6 Å². The molecule has 0 aliphatic carbocycles. The Morgan fingerprint density at radius 1 is 0.962 bits per heavy atom. The number of pyridine rings is 1. The molecular formula is C18H10ClF3N4. The molecule has 0 saturated heterocycles. The molecule has 0 saturated carbocycles. The summed E-state index contributed by atoms with van der Waals surface area (Å²) in [5, 5.41) is 7.59. The van der Waals surface area contributed by atoms with Crippen LogP contribution >= 0.6 is 11.6 Å². The maximum atomic E-state index is 14.0. The molecule has 0 unspecified atom stereocenters. The van der Waals surface area contributed by atoms with Gasteiger partial charge in [-0.2, -0.15) is 0 Å². The average molecular weight is 375 g/mol. The molecule has 4 nitrogen and oxygen atoms in total. The van der Waals surface area contributed by atoms with E-state index in [4.69, 9.17) is 11.6 Å². The number of benzene rings is 2. The Hall–Kier alpha value is -2.93. The molecule has 2 aromatic carbocycles. The average Bonchev–Trinajstić information content (AvgIpc) is 3.04. The fourth-order valence-corrected chi connectivity index (χ4v) is 2.85. The van der Waals surface area contributed by atoms with E-state index in [1.807, 2.05) is 0 Å². The largest absolute Gasteiger partial charge is 0.227 e. The van der Waals surface area contributed by atoms with Crippen LogP contribution in [-0.4, -0.2) is 20.0 Å². The van der Waals surface area contributed by atoms with Gasteiger partial charge in [-0.25, -0.2) is 22.8 Å². The van der Waals surface area contributed by atoms with Crippen molar-refractivity contribution in [2.24, 2.45) is 0 Å². The molecule has 2 aromatic heterocycles. The highest BCUT2D eigenvalue weighted by Crippen LogP contribution is 2.25. The zero-order valence-electron chi connectivity index (χ0n) is 13.1. The molecule has 0 fully saturated rings. The van der Waals surface area contributed by atoms with E-state index in [2.05, 4.69) is 15.3 Å². The summed E-state index contributed by atoms with van der Waals surface area (Å²) in [4.78, 5) is 4.44. The zero-order valence-corrected chi connectivity index (χ0v) is 13.9. The maximum absolute atomic E-state index is 14.0. The van der Waals surface area contributed by atoms with Crippen molar-refractivity contribution in [3.63, 3.8) is 0 Å². The van der Waals surface area contributed by atoms with Gasteiger partial charge in [0.05, 0.1) is 17.3 Å². The lowest BCUT2D eigenvalue weighted by Gasteiger charge is -2.07. The van der Waals surface area contributed by atoms with Gasteiger partial charge in [0.15, 0.2) is 5.65 Å². The Morgan fingerprint density at radius 2 is 1.77 bits per heavy atom. The lowest BCUT2D eigenvalue weighted by molar-refractivity contribution is 0.565. The van der Waals surface area contributed by atoms with Crippen LogP contribution in [-0.2, 0) is 6.54 Å². The lowest BCUT2D eigenvalue weighted by Crippen LogP contribution is -2.06. The molecule has 26 heavy (non-hydrogen) atoms. The van der Waals surface area contributed by atoms with Gasteiger partial charge in [-0.05, 0) is 36.4 Å². The van der Waals surface area contributed by atoms with E-state index >= 15 is 0 Å².